The van der Waals surface area contributed by atoms with Crippen molar-refractivity contribution in [2.75, 3.05) is 0 Å². The maximum Gasteiger partial charge on any atom is 0.446 e. The van der Waals surface area contributed by atoms with Crippen molar-refractivity contribution in [3.8, 4) is 11.5 Å². The van der Waals surface area contributed by atoms with E-state index in [-0.39, 0.29) is 28.0 Å². The predicted molar refractivity (Wildman–Crippen MR) is 92.2 cm³/mol. The van der Waals surface area contributed by atoms with Crippen LogP contribution in [0.2, 0.25) is 0 Å². The molecule has 0 bridgehead atoms. The van der Waals surface area contributed by atoms with E-state index in [1.807, 2.05) is 0 Å². The first-order chi connectivity index (χ1) is 12.8. The van der Waals surface area contributed by atoms with E-state index in [0.717, 1.165) is 0 Å². The Morgan fingerprint density at radius 2 is 1.74 bits per heavy atom. The molecule has 8 heteroatoms. The molecule has 0 unspecified atom stereocenters. The van der Waals surface area contributed by atoms with E-state index < -0.39 is 17.4 Å². The number of alkyl halides is 3. The fourth-order valence-corrected chi connectivity index (χ4v) is 3.34. The van der Waals surface area contributed by atoms with Gasteiger partial charge in [0.15, 0.2) is 0 Å². The van der Waals surface area contributed by atoms with E-state index in [4.69, 9.17) is 9.47 Å². The lowest BCUT2D eigenvalue weighted by Gasteiger charge is -2.09. The highest BCUT2D eigenvalue weighted by Crippen LogP contribution is 2.40. The van der Waals surface area contributed by atoms with E-state index in [1.54, 1.807) is 18.2 Å². The van der Waals surface area contributed by atoms with Crippen LogP contribution in [0.5, 0.6) is 11.5 Å². The van der Waals surface area contributed by atoms with Gasteiger partial charge in [0.2, 0.25) is 0 Å². The zero-order valence-corrected chi connectivity index (χ0v) is 14.2. The van der Waals surface area contributed by atoms with E-state index in [0.29, 0.717) is 22.1 Å². The van der Waals surface area contributed by atoms with Gasteiger partial charge in [-0.15, -0.1) is 0 Å². The van der Waals surface area contributed by atoms with Crippen molar-refractivity contribution in [1.82, 2.24) is 0 Å². The Morgan fingerprint density at radius 3 is 2.44 bits per heavy atom. The number of ether oxygens (including phenoxy) is 2. The molecule has 0 aliphatic carbocycles. The predicted octanol–water partition coefficient (Wildman–Crippen LogP) is 5.20. The molecule has 0 aromatic heterocycles. The molecule has 0 saturated carbocycles. The van der Waals surface area contributed by atoms with Crippen LogP contribution < -0.4 is 9.47 Å². The summed E-state index contributed by atoms with van der Waals surface area (Å²) in [5.74, 6) is -0.576. The molecule has 4 nitrogen and oxygen atoms in total. The lowest BCUT2D eigenvalue weighted by atomic mass is 10.0. The van der Waals surface area contributed by atoms with Gasteiger partial charge in [0.25, 0.3) is 0 Å². The van der Waals surface area contributed by atoms with Crippen LogP contribution >= 0.6 is 11.8 Å². The molecule has 0 saturated heterocycles. The Kier molecular flexibility index (Phi) is 4.07. The molecule has 0 radical (unpaired) electrons. The molecule has 1 heterocycles. The number of rotatable bonds is 3. The first-order valence-electron chi connectivity index (χ1n) is 7.68. The summed E-state index contributed by atoms with van der Waals surface area (Å²) in [6.07, 6.45) is 0. The smallest absolute Gasteiger partial charge is 0.422 e. The van der Waals surface area contributed by atoms with Gasteiger partial charge in [0.1, 0.15) is 11.5 Å². The minimum Gasteiger partial charge on any atom is -0.422 e. The highest BCUT2D eigenvalue weighted by atomic mass is 32.2. The number of hydrogen-bond donors (Lipinski definition) is 0. The number of carbonyl (C=O) groups excluding carboxylic acids is 2. The van der Waals surface area contributed by atoms with Crippen molar-refractivity contribution in [2.24, 2.45) is 0 Å². The fourth-order valence-electron chi connectivity index (χ4n) is 2.80. The Bertz CT molecular complexity index is 1070. The largest absolute Gasteiger partial charge is 0.446 e. The number of thioether (sulfide) groups is 1. The van der Waals surface area contributed by atoms with Crippen LogP contribution in [0.4, 0.5) is 13.2 Å². The first kappa shape index (κ1) is 17.4. The average molecular weight is 390 g/mol. The summed E-state index contributed by atoms with van der Waals surface area (Å²) in [5, 5.41) is 1.10. The lowest BCUT2D eigenvalue weighted by Crippen LogP contribution is -2.08. The van der Waals surface area contributed by atoms with Gasteiger partial charge in [0, 0.05) is 15.7 Å². The molecule has 27 heavy (non-hydrogen) atoms. The quantitative estimate of drug-likeness (QED) is 0.349. The molecule has 3 aromatic carbocycles. The Hall–Kier alpha value is -3.00. The van der Waals surface area contributed by atoms with E-state index in [2.05, 4.69) is 0 Å². The number of esters is 2. The summed E-state index contributed by atoms with van der Waals surface area (Å²) in [6, 6.07) is 12.9. The van der Waals surface area contributed by atoms with Crippen molar-refractivity contribution < 1.29 is 32.2 Å². The van der Waals surface area contributed by atoms with Gasteiger partial charge < -0.3 is 9.47 Å². The minimum atomic E-state index is -4.40. The topological polar surface area (TPSA) is 52.6 Å². The molecular weight excluding hydrogens is 381 g/mol. The second-order valence-corrected chi connectivity index (χ2v) is 6.78. The van der Waals surface area contributed by atoms with Crippen LogP contribution in [0.25, 0.3) is 10.8 Å². The summed E-state index contributed by atoms with van der Waals surface area (Å²) >= 11 is -0.261. The van der Waals surface area contributed by atoms with Crippen molar-refractivity contribution in [3.63, 3.8) is 0 Å². The van der Waals surface area contributed by atoms with Gasteiger partial charge in [-0.25, -0.2) is 9.59 Å². The normalized spacial score (nSPS) is 12.9. The zero-order valence-electron chi connectivity index (χ0n) is 13.4. The molecule has 4 rings (SSSR count). The van der Waals surface area contributed by atoms with Crippen LogP contribution in [0.15, 0.2) is 59.5 Å². The average Bonchev–Trinajstić information content (AvgIpc) is 2.94. The Labute approximate surface area is 154 Å². The third-order valence-electron chi connectivity index (χ3n) is 3.91. The molecule has 0 fully saturated rings. The molecule has 136 valence electrons. The maximum absolute atomic E-state index is 12.4. The molecule has 0 N–H and O–H groups in total. The summed E-state index contributed by atoms with van der Waals surface area (Å²) in [4.78, 5) is 24.1. The number of hydrogen-bond acceptors (Lipinski definition) is 5. The molecular formula is C19H9F3O4S. The molecule has 0 spiro atoms. The monoisotopic (exact) mass is 390 g/mol. The molecule has 1 aliphatic rings. The van der Waals surface area contributed by atoms with Gasteiger partial charge in [-0.05, 0) is 54.2 Å². The first-order valence-corrected chi connectivity index (χ1v) is 8.49. The van der Waals surface area contributed by atoms with Crippen molar-refractivity contribution in [2.45, 2.75) is 10.4 Å². The summed E-state index contributed by atoms with van der Waals surface area (Å²) in [6.45, 7) is 0. The second kappa shape index (κ2) is 6.31. The van der Waals surface area contributed by atoms with Crippen LogP contribution in [0.1, 0.15) is 20.7 Å². The van der Waals surface area contributed by atoms with Crippen molar-refractivity contribution in [1.29, 1.82) is 0 Å². The number of halogens is 3. The Balaban J connectivity index is 1.61. The van der Waals surface area contributed by atoms with Gasteiger partial charge in [-0.3, -0.25) is 0 Å². The summed E-state index contributed by atoms with van der Waals surface area (Å²) < 4.78 is 47.7. The molecule has 3 aromatic rings. The van der Waals surface area contributed by atoms with Gasteiger partial charge in [0.05, 0.1) is 11.1 Å². The van der Waals surface area contributed by atoms with Crippen LogP contribution in [-0.4, -0.2) is 17.4 Å². The fraction of sp³-hybridized carbons (Fsp3) is 0.0526. The van der Waals surface area contributed by atoms with Crippen molar-refractivity contribution in [3.05, 3.63) is 65.7 Å². The van der Waals surface area contributed by atoms with Crippen molar-refractivity contribution >= 4 is 34.5 Å². The third-order valence-corrected chi connectivity index (χ3v) is 4.65. The van der Waals surface area contributed by atoms with Gasteiger partial charge in [-0.2, -0.15) is 13.2 Å². The second-order valence-electron chi connectivity index (χ2n) is 5.64. The van der Waals surface area contributed by atoms with Crippen LogP contribution in [0.3, 0.4) is 0 Å². The molecule has 0 amide bonds. The standard InChI is InChI=1S/C19H9F3O4S/c20-19(21,22)27-11-6-4-10(5-7-11)17(23)25-14-8-9-15-16-12(14)2-1-3-13(16)18(24)26-15/h1-9H. The summed E-state index contributed by atoms with van der Waals surface area (Å²) in [5.41, 5.74) is -3.90. The Morgan fingerprint density at radius 1 is 1.00 bits per heavy atom. The number of benzene rings is 3. The lowest BCUT2D eigenvalue weighted by molar-refractivity contribution is -0.0328. The molecule has 1 aliphatic heterocycles. The highest BCUT2D eigenvalue weighted by molar-refractivity contribution is 8.00. The minimum absolute atomic E-state index is 0.0277. The summed E-state index contributed by atoms with van der Waals surface area (Å²) in [7, 11) is 0. The zero-order chi connectivity index (χ0) is 19.2. The maximum atomic E-state index is 12.4. The third kappa shape index (κ3) is 3.35. The van der Waals surface area contributed by atoms with E-state index >= 15 is 0 Å². The van der Waals surface area contributed by atoms with E-state index in [1.165, 1.54) is 36.4 Å². The number of carbonyl (C=O) groups is 2. The van der Waals surface area contributed by atoms with Gasteiger partial charge in [-0.1, -0.05) is 12.1 Å². The highest BCUT2D eigenvalue weighted by Gasteiger charge is 2.29. The van der Waals surface area contributed by atoms with Crippen LogP contribution in [0, 0.1) is 0 Å². The van der Waals surface area contributed by atoms with Crippen LogP contribution in [-0.2, 0) is 0 Å². The SMILES string of the molecule is O=C(Oc1ccc2c3c(cccc13)C(=O)O2)c1ccc(SC(F)(F)F)cc1. The molecule has 0 atom stereocenters. The van der Waals surface area contributed by atoms with E-state index in [9.17, 15) is 22.8 Å². The van der Waals surface area contributed by atoms with Gasteiger partial charge >= 0.3 is 17.4 Å².